The molecule has 4 rings (SSSR count). The average Bonchev–Trinajstić information content (AvgIpc) is 3.14. The lowest BCUT2D eigenvalue weighted by molar-refractivity contribution is 0.102. The lowest BCUT2D eigenvalue weighted by Gasteiger charge is -2.14. The van der Waals surface area contributed by atoms with E-state index in [0.29, 0.717) is 23.6 Å². The molecule has 0 aliphatic heterocycles. The Morgan fingerprint density at radius 2 is 2.10 bits per heavy atom. The van der Waals surface area contributed by atoms with Crippen molar-refractivity contribution in [1.82, 2.24) is 19.1 Å². The van der Waals surface area contributed by atoms with Crippen molar-refractivity contribution in [3.63, 3.8) is 0 Å². The van der Waals surface area contributed by atoms with Crippen LogP contribution in [0.4, 0.5) is 5.82 Å². The number of anilines is 1. The van der Waals surface area contributed by atoms with Gasteiger partial charge in [0.05, 0.1) is 10.9 Å². The van der Waals surface area contributed by atoms with Crippen LogP contribution in [0.5, 0.6) is 0 Å². The summed E-state index contributed by atoms with van der Waals surface area (Å²) in [4.78, 5) is 30.6. The zero-order valence-corrected chi connectivity index (χ0v) is 16.8. The molecule has 9 heteroatoms. The Morgan fingerprint density at radius 3 is 2.83 bits per heavy atom. The third kappa shape index (κ3) is 3.49. The molecule has 0 spiro atoms. The number of rotatable bonds is 6. The Balaban J connectivity index is 1.91. The highest BCUT2D eigenvalue weighted by molar-refractivity contribution is 6.05. The van der Waals surface area contributed by atoms with Crippen molar-refractivity contribution in [2.24, 2.45) is 0 Å². The predicted octanol–water partition coefficient (Wildman–Crippen LogP) is 2.87. The topological polar surface area (TPSA) is 118 Å². The number of nitrogens with one attached hydrogen (secondary N) is 2. The number of hydrogen-bond acceptors (Lipinski definition) is 6. The summed E-state index contributed by atoms with van der Waals surface area (Å²) in [7, 11) is 0. The molecular formula is C21H22N6O3. The minimum Gasteiger partial charge on any atom is -0.360 e. The number of aryl methyl sites for hydroxylation is 2. The van der Waals surface area contributed by atoms with Crippen LogP contribution in [0.2, 0.25) is 0 Å². The Kier molecular flexibility index (Phi) is 5.18. The largest absolute Gasteiger partial charge is 0.360 e. The lowest BCUT2D eigenvalue weighted by atomic mass is 10.1. The summed E-state index contributed by atoms with van der Waals surface area (Å²) in [5, 5.41) is 15.3. The van der Waals surface area contributed by atoms with Gasteiger partial charge >= 0.3 is 0 Å². The van der Waals surface area contributed by atoms with Gasteiger partial charge in [-0.15, -0.1) is 0 Å². The molecule has 0 aliphatic carbocycles. The molecule has 30 heavy (non-hydrogen) atoms. The monoisotopic (exact) mass is 406 g/mol. The standard InChI is InChI=1S/C21H22N6O3/c1-3-4-6-10-27-18(22)14(20(28)23-16-11-13(2)30-25-16)12-15-19(27)24-17-8-5-7-9-26(17)21(15)29/h5,7-9,11-12,22H,3-4,6,10H2,1-2H3,(H,23,25,28). The van der Waals surface area contributed by atoms with Crippen LogP contribution in [-0.4, -0.2) is 25.0 Å². The van der Waals surface area contributed by atoms with E-state index < -0.39 is 5.91 Å². The van der Waals surface area contributed by atoms with Crippen LogP contribution in [0.1, 0.15) is 42.3 Å². The number of unbranched alkanes of at least 4 members (excludes halogenated alkanes) is 2. The van der Waals surface area contributed by atoms with Crippen molar-refractivity contribution in [3.8, 4) is 0 Å². The smallest absolute Gasteiger partial charge is 0.267 e. The Labute approximate surface area is 171 Å². The highest BCUT2D eigenvalue weighted by Gasteiger charge is 2.18. The van der Waals surface area contributed by atoms with E-state index in [1.165, 1.54) is 10.5 Å². The van der Waals surface area contributed by atoms with E-state index in [1.54, 1.807) is 42.0 Å². The van der Waals surface area contributed by atoms with Gasteiger partial charge in [0.2, 0.25) is 0 Å². The van der Waals surface area contributed by atoms with Crippen molar-refractivity contribution in [2.45, 2.75) is 39.7 Å². The molecule has 0 bridgehead atoms. The number of hydrogen-bond donors (Lipinski definition) is 2. The Bertz CT molecular complexity index is 1360. The first-order valence-corrected chi connectivity index (χ1v) is 9.84. The molecule has 4 heterocycles. The van der Waals surface area contributed by atoms with Crippen LogP contribution < -0.4 is 16.4 Å². The van der Waals surface area contributed by atoms with Crippen LogP contribution in [0, 0.1) is 12.3 Å². The second-order valence-electron chi connectivity index (χ2n) is 7.13. The van der Waals surface area contributed by atoms with Crippen molar-refractivity contribution < 1.29 is 9.32 Å². The fourth-order valence-electron chi connectivity index (χ4n) is 3.41. The number of aromatic nitrogens is 4. The SMILES string of the molecule is CCCCCn1c(=N)c(C(=O)Nc2cc(C)on2)cc2c(=O)n3ccccc3nc21. The van der Waals surface area contributed by atoms with E-state index in [4.69, 9.17) is 9.93 Å². The van der Waals surface area contributed by atoms with Gasteiger partial charge in [-0.2, -0.15) is 0 Å². The molecule has 2 N–H and O–H groups in total. The van der Waals surface area contributed by atoms with Crippen LogP contribution >= 0.6 is 0 Å². The number of carbonyl (C=O) groups excluding carboxylic acids is 1. The van der Waals surface area contributed by atoms with Crippen LogP contribution in [-0.2, 0) is 6.54 Å². The van der Waals surface area contributed by atoms with Gasteiger partial charge in [-0.05, 0) is 31.5 Å². The highest BCUT2D eigenvalue weighted by Crippen LogP contribution is 2.13. The molecule has 0 aromatic carbocycles. The first kappa shape index (κ1) is 19.6. The molecular weight excluding hydrogens is 384 g/mol. The summed E-state index contributed by atoms with van der Waals surface area (Å²) in [6.45, 7) is 4.29. The third-order valence-electron chi connectivity index (χ3n) is 4.92. The van der Waals surface area contributed by atoms with Crippen LogP contribution in [0.25, 0.3) is 16.7 Å². The highest BCUT2D eigenvalue weighted by atomic mass is 16.5. The van der Waals surface area contributed by atoms with E-state index in [1.807, 2.05) is 0 Å². The zero-order valence-electron chi connectivity index (χ0n) is 16.8. The minimum atomic E-state index is -0.531. The van der Waals surface area contributed by atoms with Crippen LogP contribution in [0.3, 0.4) is 0 Å². The molecule has 0 aliphatic rings. The van der Waals surface area contributed by atoms with Crippen molar-refractivity contribution >= 4 is 28.4 Å². The Morgan fingerprint density at radius 1 is 1.27 bits per heavy atom. The predicted molar refractivity (Wildman–Crippen MR) is 112 cm³/mol. The molecule has 0 saturated heterocycles. The van der Waals surface area contributed by atoms with Gasteiger partial charge in [-0.25, -0.2) is 4.98 Å². The number of fused-ring (bicyclic) bond motifs is 2. The maximum Gasteiger partial charge on any atom is 0.267 e. The molecule has 9 nitrogen and oxygen atoms in total. The molecule has 4 aromatic rings. The van der Waals surface area contributed by atoms with E-state index >= 15 is 0 Å². The second kappa shape index (κ2) is 7.94. The summed E-state index contributed by atoms with van der Waals surface area (Å²) in [6, 6.07) is 8.32. The number of nitrogens with zero attached hydrogens (tertiary/aromatic N) is 4. The summed E-state index contributed by atoms with van der Waals surface area (Å²) in [6.07, 6.45) is 4.43. The van der Waals surface area contributed by atoms with Gasteiger partial charge < -0.3 is 14.4 Å². The zero-order chi connectivity index (χ0) is 21.3. The van der Waals surface area contributed by atoms with E-state index in [0.717, 1.165) is 19.3 Å². The summed E-state index contributed by atoms with van der Waals surface area (Å²) < 4.78 is 8.05. The minimum absolute atomic E-state index is 0.00324. The number of amides is 1. The molecule has 0 radical (unpaired) electrons. The first-order chi connectivity index (χ1) is 14.5. The van der Waals surface area contributed by atoms with Crippen molar-refractivity contribution in [1.29, 1.82) is 5.41 Å². The van der Waals surface area contributed by atoms with Crippen molar-refractivity contribution in [2.75, 3.05) is 5.32 Å². The summed E-state index contributed by atoms with van der Waals surface area (Å²) in [5.41, 5.74) is 0.694. The molecule has 0 unspecified atom stereocenters. The maximum atomic E-state index is 13.1. The second-order valence-corrected chi connectivity index (χ2v) is 7.13. The summed E-state index contributed by atoms with van der Waals surface area (Å²) in [5.74, 6) is 0.276. The van der Waals surface area contributed by atoms with Crippen molar-refractivity contribution in [3.05, 3.63) is 63.7 Å². The normalized spacial score (nSPS) is 11.3. The Hall–Kier alpha value is -3.75. The molecule has 4 aromatic heterocycles. The maximum absolute atomic E-state index is 13.1. The molecule has 154 valence electrons. The quantitative estimate of drug-likeness (QED) is 0.377. The molecule has 0 saturated carbocycles. The number of pyridine rings is 2. The van der Waals surface area contributed by atoms with Gasteiger partial charge in [0.1, 0.15) is 22.5 Å². The average molecular weight is 406 g/mol. The number of carbonyl (C=O) groups is 1. The van der Waals surface area contributed by atoms with E-state index in [9.17, 15) is 9.59 Å². The molecule has 0 fully saturated rings. The van der Waals surface area contributed by atoms with Gasteiger partial charge in [0, 0.05) is 18.8 Å². The fraction of sp³-hybridized carbons (Fsp3) is 0.286. The van der Waals surface area contributed by atoms with E-state index in [-0.39, 0.29) is 27.8 Å². The van der Waals surface area contributed by atoms with Gasteiger partial charge in [0.15, 0.2) is 5.82 Å². The lowest BCUT2D eigenvalue weighted by Crippen LogP contribution is -2.32. The fourth-order valence-corrected chi connectivity index (χ4v) is 3.41. The summed E-state index contributed by atoms with van der Waals surface area (Å²) >= 11 is 0. The van der Waals surface area contributed by atoms with Gasteiger partial charge in [-0.3, -0.25) is 19.4 Å². The molecule has 1 amide bonds. The first-order valence-electron chi connectivity index (χ1n) is 9.84. The van der Waals surface area contributed by atoms with Crippen LogP contribution in [0.15, 0.2) is 45.8 Å². The van der Waals surface area contributed by atoms with Gasteiger partial charge in [0.25, 0.3) is 11.5 Å². The van der Waals surface area contributed by atoms with E-state index in [2.05, 4.69) is 22.4 Å². The van der Waals surface area contributed by atoms with Gasteiger partial charge in [-0.1, -0.05) is 31.0 Å². The molecule has 0 atom stereocenters. The third-order valence-corrected chi connectivity index (χ3v) is 4.92.